The van der Waals surface area contributed by atoms with Crippen molar-refractivity contribution in [3.05, 3.63) is 34.3 Å². The fourth-order valence-corrected chi connectivity index (χ4v) is 2.02. The Bertz CT molecular complexity index is 491. The predicted octanol–water partition coefficient (Wildman–Crippen LogP) is 3.75. The molecule has 0 fully saturated rings. The van der Waals surface area contributed by atoms with Crippen molar-refractivity contribution in [2.45, 2.75) is 52.2 Å². The molecule has 116 valence electrons. The lowest BCUT2D eigenvalue weighted by atomic mass is 10.1. The van der Waals surface area contributed by atoms with Gasteiger partial charge in [-0.05, 0) is 45.4 Å². The molecular formula is C16H22BrNO3. The number of carbonyl (C=O) groups excluding carboxylic acids is 2. The first-order valence-corrected chi connectivity index (χ1v) is 7.73. The number of esters is 1. The number of hydrogen-bond donors (Lipinski definition) is 1. The highest BCUT2D eigenvalue weighted by Gasteiger charge is 2.17. The van der Waals surface area contributed by atoms with E-state index in [1.165, 1.54) is 0 Å². The van der Waals surface area contributed by atoms with Gasteiger partial charge in [-0.2, -0.15) is 0 Å². The summed E-state index contributed by atoms with van der Waals surface area (Å²) < 4.78 is 6.16. The molecule has 0 spiro atoms. The Labute approximate surface area is 134 Å². The second-order valence-corrected chi connectivity index (χ2v) is 6.84. The fourth-order valence-electron chi connectivity index (χ4n) is 1.76. The van der Waals surface area contributed by atoms with Crippen molar-refractivity contribution in [2.24, 2.45) is 0 Å². The van der Waals surface area contributed by atoms with Gasteiger partial charge in [-0.15, -0.1) is 0 Å². The van der Waals surface area contributed by atoms with Crippen molar-refractivity contribution < 1.29 is 14.3 Å². The van der Waals surface area contributed by atoms with Crippen LogP contribution in [0.2, 0.25) is 0 Å². The number of ether oxygens (including phenoxy) is 1. The molecule has 0 aromatic heterocycles. The van der Waals surface area contributed by atoms with Crippen LogP contribution >= 0.6 is 15.9 Å². The van der Waals surface area contributed by atoms with Crippen molar-refractivity contribution in [1.29, 1.82) is 0 Å². The number of halogens is 1. The zero-order valence-electron chi connectivity index (χ0n) is 12.9. The summed E-state index contributed by atoms with van der Waals surface area (Å²) in [5, 5.41) is 2.87. The molecule has 0 aliphatic heterocycles. The largest absolute Gasteiger partial charge is 0.460 e. The highest BCUT2D eigenvalue weighted by atomic mass is 79.9. The van der Waals surface area contributed by atoms with Gasteiger partial charge in [0.2, 0.25) is 5.91 Å². The summed E-state index contributed by atoms with van der Waals surface area (Å²) in [4.78, 5) is 23.4. The van der Waals surface area contributed by atoms with E-state index in [2.05, 4.69) is 21.2 Å². The van der Waals surface area contributed by atoms with Gasteiger partial charge >= 0.3 is 5.97 Å². The van der Waals surface area contributed by atoms with Crippen molar-refractivity contribution >= 4 is 27.8 Å². The lowest BCUT2D eigenvalue weighted by Crippen LogP contribution is -2.28. The Kier molecular flexibility index (Phi) is 6.40. The number of nitrogens with one attached hydrogen (secondary N) is 1. The highest BCUT2D eigenvalue weighted by Crippen LogP contribution is 2.16. The van der Waals surface area contributed by atoms with Crippen LogP contribution in [-0.4, -0.2) is 17.5 Å². The Hall–Kier alpha value is -1.36. The third-order valence-corrected chi connectivity index (χ3v) is 3.25. The van der Waals surface area contributed by atoms with Gasteiger partial charge in [-0.25, -0.2) is 0 Å². The summed E-state index contributed by atoms with van der Waals surface area (Å²) in [6.45, 7) is 7.33. The summed E-state index contributed by atoms with van der Waals surface area (Å²) in [6, 6.07) is 7.66. The van der Waals surface area contributed by atoms with Crippen LogP contribution in [0.3, 0.4) is 0 Å². The molecule has 1 rings (SSSR count). The van der Waals surface area contributed by atoms with Crippen molar-refractivity contribution in [1.82, 2.24) is 5.32 Å². The first kappa shape index (κ1) is 17.7. The lowest BCUT2D eigenvalue weighted by molar-refractivity contribution is -0.155. The van der Waals surface area contributed by atoms with E-state index in [-0.39, 0.29) is 30.8 Å². The van der Waals surface area contributed by atoms with Gasteiger partial charge in [0.1, 0.15) is 5.60 Å². The molecule has 1 aromatic rings. The van der Waals surface area contributed by atoms with E-state index < -0.39 is 5.60 Å². The van der Waals surface area contributed by atoms with Crippen molar-refractivity contribution in [2.75, 3.05) is 0 Å². The average molecular weight is 356 g/mol. The van der Waals surface area contributed by atoms with E-state index in [0.717, 1.165) is 10.0 Å². The molecule has 1 aromatic carbocycles. The molecule has 1 N–H and O–H groups in total. The molecular weight excluding hydrogens is 334 g/mol. The predicted molar refractivity (Wildman–Crippen MR) is 85.8 cm³/mol. The topological polar surface area (TPSA) is 55.4 Å². The number of hydrogen-bond acceptors (Lipinski definition) is 3. The van der Waals surface area contributed by atoms with E-state index in [4.69, 9.17) is 4.74 Å². The van der Waals surface area contributed by atoms with E-state index >= 15 is 0 Å². The normalized spacial score (nSPS) is 12.6. The zero-order valence-corrected chi connectivity index (χ0v) is 14.5. The Balaban J connectivity index is 2.40. The molecule has 0 bridgehead atoms. The number of carbonyl (C=O) groups is 2. The summed E-state index contributed by atoms with van der Waals surface area (Å²) in [5.41, 5.74) is 0.502. The van der Waals surface area contributed by atoms with Gasteiger partial charge in [0.15, 0.2) is 0 Å². The number of rotatable bonds is 5. The summed E-state index contributed by atoms with van der Waals surface area (Å²) in [6.07, 6.45) is 0.228. The van der Waals surface area contributed by atoms with Crippen LogP contribution in [0.5, 0.6) is 0 Å². The molecule has 0 radical (unpaired) electrons. The minimum atomic E-state index is -0.516. The molecule has 0 heterocycles. The molecule has 0 aliphatic rings. The van der Waals surface area contributed by atoms with Gasteiger partial charge < -0.3 is 10.1 Å². The molecule has 0 aliphatic carbocycles. The first-order valence-electron chi connectivity index (χ1n) is 6.94. The van der Waals surface area contributed by atoms with Crippen molar-refractivity contribution in [3.8, 4) is 0 Å². The SMILES string of the molecule is CC(NC(=O)CCC(=O)OC(C)(C)C)c1ccc(Br)cc1. The quantitative estimate of drug-likeness (QED) is 0.818. The molecule has 5 heteroatoms. The van der Waals surface area contributed by atoms with Gasteiger partial charge in [0, 0.05) is 10.9 Å². The third-order valence-electron chi connectivity index (χ3n) is 2.72. The molecule has 4 nitrogen and oxygen atoms in total. The third kappa shape index (κ3) is 7.27. The fraction of sp³-hybridized carbons (Fsp3) is 0.500. The molecule has 1 unspecified atom stereocenters. The Morgan fingerprint density at radius 2 is 1.76 bits per heavy atom. The van der Waals surface area contributed by atoms with Crippen LogP contribution in [0.4, 0.5) is 0 Å². The van der Waals surface area contributed by atoms with Crippen LogP contribution in [0.15, 0.2) is 28.7 Å². The Morgan fingerprint density at radius 1 is 1.19 bits per heavy atom. The first-order chi connectivity index (χ1) is 9.67. The average Bonchev–Trinajstić information content (AvgIpc) is 2.35. The standard InChI is InChI=1S/C16H22BrNO3/c1-11(12-5-7-13(17)8-6-12)18-14(19)9-10-15(20)21-16(2,3)4/h5-8,11H,9-10H2,1-4H3,(H,18,19). The highest BCUT2D eigenvalue weighted by molar-refractivity contribution is 9.10. The maximum Gasteiger partial charge on any atom is 0.306 e. The van der Waals surface area contributed by atoms with Gasteiger partial charge in [0.25, 0.3) is 0 Å². The smallest absolute Gasteiger partial charge is 0.306 e. The summed E-state index contributed by atoms with van der Waals surface area (Å²) >= 11 is 3.37. The van der Waals surface area contributed by atoms with Crippen LogP contribution in [0.25, 0.3) is 0 Å². The number of amides is 1. The maximum atomic E-state index is 11.8. The van der Waals surface area contributed by atoms with Gasteiger partial charge in [-0.1, -0.05) is 28.1 Å². The monoisotopic (exact) mass is 355 g/mol. The Morgan fingerprint density at radius 3 is 2.29 bits per heavy atom. The maximum absolute atomic E-state index is 11.8. The van der Waals surface area contributed by atoms with Gasteiger partial charge in [0.05, 0.1) is 12.5 Å². The second kappa shape index (κ2) is 7.59. The summed E-state index contributed by atoms with van der Waals surface area (Å²) in [7, 11) is 0. The molecule has 1 atom stereocenters. The van der Waals surface area contributed by atoms with Gasteiger partial charge in [-0.3, -0.25) is 9.59 Å². The van der Waals surface area contributed by atoms with E-state index in [1.807, 2.05) is 31.2 Å². The summed E-state index contributed by atoms with van der Waals surface area (Å²) in [5.74, 6) is -0.509. The van der Waals surface area contributed by atoms with E-state index in [9.17, 15) is 9.59 Å². The van der Waals surface area contributed by atoms with Crippen LogP contribution in [-0.2, 0) is 14.3 Å². The molecule has 1 amide bonds. The van der Waals surface area contributed by atoms with Crippen LogP contribution in [0.1, 0.15) is 52.1 Å². The number of benzene rings is 1. The van der Waals surface area contributed by atoms with Crippen LogP contribution < -0.4 is 5.32 Å². The second-order valence-electron chi connectivity index (χ2n) is 5.93. The minimum Gasteiger partial charge on any atom is -0.460 e. The van der Waals surface area contributed by atoms with Crippen molar-refractivity contribution in [3.63, 3.8) is 0 Å². The lowest BCUT2D eigenvalue weighted by Gasteiger charge is -2.19. The minimum absolute atomic E-state index is 0.0933. The molecule has 0 saturated carbocycles. The van der Waals surface area contributed by atoms with E-state index in [1.54, 1.807) is 20.8 Å². The zero-order chi connectivity index (χ0) is 16.0. The molecule has 21 heavy (non-hydrogen) atoms. The van der Waals surface area contributed by atoms with E-state index in [0.29, 0.717) is 0 Å². The van der Waals surface area contributed by atoms with Crippen LogP contribution in [0, 0.1) is 0 Å². The molecule has 0 saturated heterocycles.